The fraction of sp³-hybridized carbons (Fsp3) is 0.269. The summed E-state index contributed by atoms with van der Waals surface area (Å²) in [5.41, 5.74) is 4.88. The minimum Gasteiger partial charge on any atom is -0.352 e. The van der Waals surface area contributed by atoms with Gasteiger partial charge >= 0.3 is 0 Å². The zero-order valence-corrected chi connectivity index (χ0v) is 20.4. The Morgan fingerprint density at radius 1 is 1.06 bits per heavy atom. The number of aromatic nitrogens is 3. The molecule has 1 amide bonds. The van der Waals surface area contributed by atoms with Crippen LogP contribution >= 0.6 is 23.4 Å². The van der Waals surface area contributed by atoms with E-state index in [9.17, 15) is 4.79 Å². The van der Waals surface area contributed by atoms with Crippen LogP contribution in [0.1, 0.15) is 41.8 Å². The van der Waals surface area contributed by atoms with Gasteiger partial charge in [-0.25, -0.2) is 4.98 Å². The number of hydrogen-bond acceptors (Lipinski definition) is 4. The minimum atomic E-state index is -0.0290. The van der Waals surface area contributed by atoms with Crippen molar-refractivity contribution in [3.8, 4) is 0 Å². The number of amides is 1. The summed E-state index contributed by atoms with van der Waals surface area (Å²) in [6, 6.07) is 17.6. The Balaban J connectivity index is 1.49. The van der Waals surface area contributed by atoms with Crippen molar-refractivity contribution in [2.24, 2.45) is 5.92 Å². The van der Waals surface area contributed by atoms with Crippen LogP contribution in [0.2, 0.25) is 5.02 Å². The normalized spacial score (nSPS) is 11.3. The van der Waals surface area contributed by atoms with Crippen LogP contribution in [0.5, 0.6) is 0 Å². The lowest BCUT2D eigenvalue weighted by Gasteiger charge is -2.11. The topological polar surface area (TPSA) is 59.8 Å². The number of thioether (sulfide) groups is 1. The Labute approximate surface area is 203 Å². The second-order valence-electron chi connectivity index (χ2n) is 8.40. The van der Waals surface area contributed by atoms with Crippen LogP contribution in [0.3, 0.4) is 0 Å². The summed E-state index contributed by atoms with van der Waals surface area (Å²) in [5, 5.41) is 4.66. The van der Waals surface area contributed by atoms with Crippen LogP contribution in [-0.4, -0.2) is 27.0 Å². The zero-order chi connectivity index (χ0) is 23.2. The van der Waals surface area contributed by atoms with E-state index in [0.717, 1.165) is 38.9 Å². The molecule has 0 saturated heterocycles. The molecule has 4 aromatic rings. The van der Waals surface area contributed by atoms with Crippen LogP contribution in [-0.2, 0) is 12.3 Å². The van der Waals surface area contributed by atoms with E-state index >= 15 is 0 Å². The summed E-state index contributed by atoms with van der Waals surface area (Å²) in [5.74, 6) is 1.33. The SMILES string of the molecule is CC(C)CCNC(=O)c1ccc(Cn2c(SCc3ccc(Cl)cc3)nc3ccncc32)cc1. The molecule has 0 spiro atoms. The number of benzene rings is 2. The molecule has 0 aliphatic heterocycles. The lowest BCUT2D eigenvalue weighted by molar-refractivity contribution is 0.0952. The number of rotatable bonds is 9. The van der Waals surface area contributed by atoms with Gasteiger partial charge in [-0.2, -0.15) is 0 Å². The Bertz CT molecular complexity index is 1220. The van der Waals surface area contributed by atoms with Gasteiger partial charge in [0.15, 0.2) is 5.16 Å². The maximum atomic E-state index is 12.4. The molecule has 2 heterocycles. The average Bonchev–Trinajstić information content (AvgIpc) is 3.16. The van der Waals surface area contributed by atoms with Gasteiger partial charge in [0.05, 0.1) is 23.8 Å². The number of imidazole rings is 1. The second-order valence-corrected chi connectivity index (χ2v) is 9.77. The predicted octanol–water partition coefficient (Wildman–Crippen LogP) is 6.20. The molecule has 0 atom stereocenters. The molecule has 0 radical (unpaired) electrons. The zero-order valence-electron chi connectivity index (χ0n) is 18.8. The summed E-state index contributed by atoms with van der Waals surface area (Å²) in [4.78, 5) is 21.5. The predicted molar refractivity (Wildman–Crippen MR) is 136 cm³/mol. The maximum absolute atomic E-state index is 12.4. The molecule has 0 bridgehead atoms. The first-order valence-electron chi connectivity index (χ1n) is 11.0. The molecule has 4 rings (SSSR count). The highest BCUT2D eigenvalue weighted by Crippen LogP contribution is 2.28. The summed E-state index contributed by atoms with van der Waals surface area (Å²) >= 11 is 7.70. The van der Waals surface area contributed by atoms with Gasteiger partial charge in [-0.05, 0) is 53.8 Å². The Morgan fingerprint density at radius 3 is 2.52 bits per heavy atom. The average molecular weight is 479 g/mol. The molecule has 2 aromatic carbocycles. The van der Waals surface area contributed by atoms with E-state index in [2.05, 4.69) is 28.7 Å². The van der Waals surface area contributed by atoms with Crippen LogP contribution in [0, 0.1) is 5.92 Å². The lowest BCUT2D eigenvalue weighted by Crippen LogP contribution is -2.25. The molecule has 7 heteroatoms. The third-order valence-corrected chi connectivity index (χ3v) is 6.66. The van der Waals surface area contributed by atoms with E-state index in [0.29, 0.717) is 24.6 Å². The summed E-state index contributed by atoms with van der Waals surface area (Å²) < 4.78 is 2.18. The van der Waals surface area contributed by atoms with E-state index < -0.39 is 0 Å². The highest BCUT2D eigenvalue weighted by molar-refractivity contribution is 7.98. The first kappa shape index (κ1) is 23.3. The second kappa shape index (κ2) is 10.9. The number of nitrogens with one attached hydrogen (secondary N) is 1. The van der Waals surface area contributed by atoms with Crippen molar-refractivity contribution in [3.05, 3.63) is 88.7 Å². The van der Waals surface area contributed by atoms with Crippen molar-refractivity contribution in [2.75, 3.05) is 6.54 Å². The van der Waals surface area contributed by atoms with Gasteiger partial charge in [0.25, 0.3) is 5.91 Å². The summed E-state index contributed by atoms with van der Waals surface area (Å²) in [6.07, 6.45) is 4.59. The lowest BCUT2D eigenvalue weighted by atomic mass is 10.1. The highest BCUT2D eigenvalue weighted by Gasteiger charge is 2.13. The highest BCUT2D eigenvalue weighted by atomic mass is 35.5. The quantitative estimate of drug-likeness (QED) is 0.291. The largest absolute Gasteiger partial charge is 0.352 e. The smallest absolute Gasteiger partial charge is 0.251 e. The number of fused-ring (bicyclic) bond motifs is 1. The molecule has 0 aliphatic rings. The fourth-order valence-corrected chi connectivity index (χ4v) is 4.56. The van der Waals surface area contributed by atoms with Gasteiger partial charge in [0.2, 0.25) is 0 Å². The molecule has 33 heavy (non-hydrogen) atoms. The molecule has 2 aromatic heterocycles. The third-order valence-electron chi connectivity index (χ3n) is 5.36. The van der Waals surface area contributed by atoms with Crippen LogP contribution in [0.15, 0.2) is 72.1 Å². The van der Waals surface area contributed by atoms with E-state index in [4.69, 9.17) is 16.6 Å². The van der Waals surface area contributed by atoms with Crippen LogP contribution in [0.25, 0.3) is 11.0 Å². The van der Waals surface area contributed by atoms with Crippen molar-refractivity contribution in [3.63, 3.8) is 0 Å². The van der Waals surface area contributed by atoms with Crippen LogP contribution < -0.4 is 5.32 Å². The number of carbonyl (C=O) groups is 1. The number of nitrogens with zero attached hydrogens (tertiary/aromatic N) is 3. The van der Waals surface area contributed by atoms with E-state index in [1.54, 1.807) is 18.0 Å². The van der Waals surface area contributed by atoms with Crippen molar-refractivity contribution in [2.45, 2.75) is 37.7 Å². The van der Waals surface area contributed by atoms with Gasteiger partial charge in [-0.3, -0.25) is 9.78 Å². The molecule has 5 nitrogen and oxygen atoms in total. The molecular weight excluding hydrogens is 452 g/mol. The van der Waals surface area contributed by atoms with E-state index in [1.807, 2.05) is 60.8 Å². The fourth-order valence-electron chi connectivity index (χ4n) is 3.46. The third kappa shape index (κ3) is 6.15. The van der Waals surface area contributed by atoms with Gasteiger partial charge in [-0.15, -0.1) is 0 Å². The summed E-state index contributed by atoms with van der Waals surface area (Å²) in [7, 11) is 0. The number of halogens is 1. The van der Waals surface area contributed by atoms with Gasteiger partial charge in [0, 0.05) is 29.1 Å². The molecule has 0 saturated carbocycles. The molecule has 0 aliphatic carbocycles. The Hall–Kier alpha value is -2.83. The summed E-state index contributed by atoms with van der Waals surface area (Å²) in [6.45, 7) is 5.65. The standard InChI is InChI=1S/C26H27ClN4OS/c1-18(2)11-14-29-25(32)21-7-3-19(4-8-21)16-31-24-15-28-13-12-23(24)30-26(31)33-17-20-5-9-22(27)10-6-20/h3-10,12-13,15,18H,11,14,16-17H2,1-2H3,(H,29,32). The monoisotopic (exact) mass is 478 g/mol. The van der Waals surface area contributed by atoms with Gasteiger partial charge in [-0.1, -0.05) is 61.5 Å². The van der Waals surface area contributed by atoms with Gasteiger partial charge in [0.1, 0.15) is 0 Å². The molecular formula is C26H27ClN4OS. The molecule has 170 valence electrons. The number of carbonyl (C=O) groups excluding carboxylic acids is 1. The van der Waals surface area contributed by atoms with Crippen molar-refractivity contribution in [1.82, 2.24) is 19.9 Å². The Morgan fingerprint density at radius 2 is 1.79 bits per heavy atom. The molecule has 0 unspecified atom stereocenters. The molecule has 0 fully saturated rings. The van der Waals surface area contributed by atoms with Crippen LogP contribution in [0.4, 0.5) is 0 Å². The first-order valence-corrected chi connectivity index (χ1v) is 12.4. The minimum absolute atomic E-state index is 0.0290. The van der Waals surface area contributed by atoms with Gasteiger partial charge < -0.3 is 9.88 Å². The van der Waals surface area contributed by atoms with E-state index in [1.165, 1.54) is 5.56 Å². The van der Waals surface area contributed by atoms with Crippen molar-refractivity contribution in [1.29, 1.82) is 0 Å². The number of hydrogen-bond donors (Lipinski definition) is 1. The number of pyridine rings is 1. The molecule has 1 N–H and O–H groups in total. The maximum Gasteiger partial charge on any atom is 0.251 e. The first-order chi connectivity index (χ1) is 16.0. The van der Waals surface area contributed by atoms with Crippen molar-refractivity contribution >= 4 is 40.3 Å². The van der Waals surface area contributed by atoms with Crippen molar-refractivity contribution < 1.29 is 4.79 Å². The Kier molecular flexibility index (Phi) is 7.68. The van der Waals surface area contributed by atoms with E-state index in [-0.39, 0.29) is 5.91 Å².